The van der Waals surface area contributed by atoms with Crippen molar-refractivity contribution in [1.29, 1.82) is 0 Å². The van der Waals surface area contributed by atoms with Gasteiger partial charge in [-0.15, -0.1) is 6.42 Å². The van der Waals surface area contributed by atoms with Gasteiger partial charge in [0.25, 0.3) is 5.91 Å². The number of terminal acetylenes is 1. The number of carbonyl (C=O) groups excluding carboxylic acids is 2. The molecule has 0 spiro atoms. The van der Waals surface area contributed by atoms with E-state index in [-0.39, 0.29) is 31.4 Å². The van der Waals surface area contributed by atoms with Crippen LogP contribution in [0.3, 0.4) is 0 Å². The van der Waals surface area contributed by atoms with Gasteiger partial charge in [-0.3, -0.25) is 9.59 Å². The first kappa shape index (κ1) is 21.5. The van der Waals surface area contributed by atoms with Crippen LogP contribution in [0.4, 0.5) is 4.39 Å². The fourth-order valence-corrected chi connectivity index (χ4v) is 2.46. The Balaban J connectivity index is 2.10. The lowest BCUT2D eigenvalue weighted by Crippen LogP contribution is -2.29. The summed E-state index contributed by atoms with van der Waals surface area (Å²) in [5, 5.41) is 0. The second kappa shape index (κ2) is 10.5. The van der Waals surface area contributed by atoms with Gasteiger partial charge in [0.1, 0.15) is 5.82 Å². The van der Waals surface area contributed by atoms with Crippen LogP contribution in [0.1, 0.15) is 11.1 Å². The predicted molar refractivity (Wildman–Crippen MR) is 107 cm³/mol. The van der Waals surface area contributed by atoms with Crippen molar-refractivity contribution in [3.8, 4) is 23.8 Å². The van der Waals surface area contributed by atoms with Crippen LogP contribution in [0, 0.1) is 18.2 Å². The van der Waals surface area contributed by atoms with E-state index in [1.165, 1.54) is 30.2 Å². The molecule has 2 rings (SSSR count). The zero-order valence-corrected chi connectivity index (χ0v) is 15.9. The summed E-state index contributed by atoms with van der Waals surface area (Å²) < 4.78 is 23.6. The van der Waals surface area contributed by atoms with E-state index in [1.54, 1.807) is 36.4 Å². The summed E-state index contributed by atoms with van der Waals surface area (Å²) in [6.45, 7) is 0.106. The molecular formula is C22H21FN2O4. The van der Waals surface area contributed by atoms with Crippen LogP contribution in [0.2, 0.25) is 0 Å². The molecule has 0 unspecified atom stereocenters. The van der Waals surface area contributed by atoms with Crippen molar-refractivity contribution in [2.75, 3.05) is 20.3 Å². The Kier molecular flexibility index (Phi) is 7.80. The smallest absolute Gasteiger partial charge is 0.255 e. The van der Waals surface area contributed by atoms with E-state index in [1.807, 2.05) is 0 Å². The molecule has 0 atom stereocenters. The molecule has 0 fully saturated rings. The number of nitrogens with zero attached hydrogens (tertiary/aromatic N) is 1. The van der Waals surface area contributed by atoms with E-state index < -0.39 is 5.91 Å². The Morgan fingerprint density at radius 2 is 1.93 bits per heavy atom. The summed E-state index contributed by atoms with van der Waals surface area (Å²) in [7, 11) is 1.46. The molecule has 0 aliphatic heterocycles. The maximum Gasteiger partial charge on any atom is 0.255 e. The number of methoxy groups -OCH3 is 1. The lowest BCUT2D eigenvalue weighted by atomic mass is 10.1. The van der Waals surface area contributed by atoms with Crippen LogP contribution in [0.25, 0.3) is 6.08 Å². The molecule has 0 saturated heterocycles. The first-order chi connectivity index (χ1) is 13.9. The topological polar surface area (TPSA) is 81.9 Å². The highest BCUT2D eigenvalue weighted by Gasteiger charge is 2.11. The number of amides is 2. The Hall–Kier alpha value is -3.79. The van der Waals surface area contributed by atoms with Crippen LogP contribution < -0.4 is 15.2 Å². The zero-order valence-electron chi connectivity index (χ0n) is 15.9. The SMILES string of the molecule is C#CCN(Cc1ccc(F)cc1)C(=O)/C=C/c1ccc(OCC(N)=O)c(OC)c1. The molecular weight excluding hydrogens is 375 g/mol. The van der Waals surface area contributed by atoms with Crippen molar-refractivity contribution < 1.29 is 23.5 Å². The van der Waals surface area contributed by atoms with Crippen molar-refractivity contribution in [2.45, 2.75) is 6.54 Å². The monoisotopic (exact) mass is 396 g/mol. The van der Waals surface area contributed by atoms with Gasteiger partial charge in [0.15, 0.2) is 18.1 Å². The minimum absolute atomic E-state index is 0.115. The van der Waals surface area contributed by atoms with E-state index in [0.717, 1.165) is 5.56 Å². The molecule has 0 heterocycles. The Labute approximate surface area is 168 Å². The second-order valence-corrected chi connectivity index (χ2v) is 6.02. The molecule has 7 heteroatoms. The van der Waals surface area contributed by atoms with E-state index in [4.69, 9.17) is 21.6 Å². The van der Waals surface area contributed by atoms with Crippen molar-refractivity contribution >= 4 is 17.9 Å². The van der Waals surface area contributed by atoms with Crippen molar-refractivity contribution in [3.05, 3.63) is 65.5 Å². The van der Waals surface area contributed by atoms with Crippen LogP contribution >= 0.6 is 0 Å². The van der Waals surface area contributed by atoms with Gasteiger partial charge in [-0.05, 0) is 41.5 Å². The summed E-state index contributed by atoms with van der Waals surface area (Å²) >= 11 is 0. The van der Waals surface area contributed by atoms with Crippen molar-refractivity contribution in [3.63, 3.8) is 0 Å². The number of nitrogens with two attached hydrogens (primary N) is 1. The second-order valence-electron chi connectivity index (χ2n) is 6.02. The molecule has 2 N–H and O–H groups in total. The van der Waals surface area contributed by atoms with E-state index in [2.05, 4.69) is 5.92 Å². The number of hydrogen-bond acceptors (Lipinski definition) is 4. The van der Waals surface area contributed by atoms with Crippen molar-refractivity contribution in [1.82, 2.24) is 4.90 Å². The van der Waals surface area contributed by atoms with Gasteiger partial charge in [0, 0.05) is 12.6 Å². The summed E-state index contributed by atoms with van der Waals surface area (Å²) in [5.41, 5.74) is 6.52. The lowest BCUT2D eigenvalue weighted by molar-refractivity contribution is -0.126. The van der Waals surface area contributed by atoms with Crippen LogP contribution in [0.5, 0.6) is 11.5 Å². The minimum Gasteiger partial charge on any atom is -0.493 e. The summed E-state index contributed by atoms with van der Waals surface area (Å²) in [4.78, 5) is 24.9. The number of rotatable bonds is 9. The number of carbonyl (C=O) groups is 2. The van der Waals surface area contributed by atoms with Gasteiger partial charge in [0.2, 0.25) is 5.91 Å². The van der Waals surface area contributed by atoms with Gasteiger partial charge in [0.05, 0.1) is 13.7 Å². The lowest BCUT2D eigenvalue weighted by Gasteiger charge is -2.18. The molecule has 150 valence electrons. The first-order valence-electron chi connectivity index (χ1n) is 8.67. The molecule has 0 aliphatic rings. The molecule has 2 aromatic carbocycles. The highest BCUT2D eigenvalue weighted by molar-refractivity contribution is 5.92. The largest absolute Gasteiger partial charge is 0.493 e. The maximum atomic E-state index is 13.1. The third-order valence-electron chi connectivity index (χ3n) is 3.86. The average Bonchev–Trinajstić information content (AvgIpc) is 2.71. The van der Waals surface area contributed by atoms with E-state index in [0.29, 0.717) is 17.1 Å². The van der Waals surface area contributed by atoms with Gasteiger partial charge in [-0.1, -0.05) is 24.1 Å². The highest BCUT2D eigenvalue weighted by atomic mass is 19.1. The van der Waals surface area contributed by atoms with Crippen molar-refractivity contribution in [2.24, 2.45) is 5.73 Å². The number of ether oxygens (including phenoxy) is 2. The predicted octanol–water partition coefficient (Wildman–Crippen LogP) is 2.37. The number of hydrogen-bond donors (Lipinski definition) is 1. The average molecular weight is 396 g/mol. The molecule has 0 aromatic heterocycles. The molecule has 2 aromatic rings. The molecule has 2 amide bonds. The number of primary amides is 1. The van der Waals surface area contributed by atoms with E-state index >= 15 is 0 Å². The fraction of sp³-hybridized carbons (Fsp3) is 0.182. The molecule has 29 heavy (non-hydrogen) atoms. The van der Waals surface area contributed by atoms with Gasteiger partial charge >= 0.3 is 0 Å². The minimum atomic E-state index is -0.601. The Bertz CT molecular complexity index is 933. The van der Waals surface area contributed by atoms with Crippen LogP contribution in [-0.2, 0) is 16.1 Å². The van der Waals surface area contributed by atoms with Gasteiger partial charge < -0.3 is 20.1 Å². The summed E-state index contributed by atoms with van der Waals surface area (Å²) in [6, 6.07) is 10.8. The summed E-state index contributed by atoms with van der Waals surface area (Å²) in [6.07, 6.45) is 8.36. The van der Waals surface area contributed by atoms with Gasteiger partial charge in [-0.25, -0.2) is 4.39 Å². The Morgan fingerprint density at radius 3 is 2.55 bits per heavy atom. The highest BCUT2D eigenvalue weighted by Crippen LogP contribution is 2.28. The normalized spacial score (nSPS) is 10.4. The number of halogens is 1. The quantitative estimate of drug-likeness (QED) is 0.521. The van der Waals surface area contributed by atoms with Crippen LogP contribution in [0.15, 0.2) is 48.5 Å². The standard InChI is InChI=1S/C22H21FN2O4/c1-3-12-25(14-17-4-8-18(23)9-5-17)22(27)11-7-16-6-10-19(20(13-16)28-2)29-15-21(24)26/h1,4-11,13H,12,14-15H2,2H3,(H2,24,26)/b11-7+. The third kappa shape index (κ3) is 6.70. The van der Waals surface area contributed by atoms with E-state index in [9.17, 15) is 14.0 Å². The molecule has 6 nitrogen and oxygen atoms in total. The first-order valence-corrected chi connectivity index (χ1v) is 8.67. The molecule has 0 bridgehead atoms. The maximum absolute atomic E-state index is 13.1. The zero-order chi connectivity index (χ0) is 21.2. The summed E-state index contributed by atoms with van der Waals surface area (Å²) in [5.74, 6) is 1.97. The van der Waals surface area contributed by atoms with Gasteiger partial charge in [-0.2, -0.15) is 0 Å². The molecule has 0 saturated carbocycles. The fourth-order valence-electron chi connectivity index (χ4n) is 2.46. The molecule has 0 radical (unpaired) electrons. The molecule has 0 aliphatic carbocycles. The van der Waals surface area contributed by atoms with Crippen LogP contribution in [-0.4, -0.2) is 37.0 Å². The third-order valence-corrected chi connectivity index (χ3v) is 3.86. The number of benzene rings is 2. The Morgan fingerprint density at radius 1 is 1.21 bits per heavy atom.